The molecule has 0 unspecified atom stereocenters. The summed E-state index contributed by atoms with van der Waals surface area (Å²) < 4.78 is 3.69. The maximum absolute atomic E-state index is 4.14. The molecule has 0 spiro atoms. The van der Waals surface area contributed by atoms with Crippen molar-refractivity contribution in [2.75, 3.05) is 0 Å². The molecule has 0 atom stereocenters. The molecule has 2 heterocycles. The molecule has 0 fully saturated rings. The number of benzene rings is 1. The van der Waals surface area contributed by atoms with Crippen LogP contribution in [0.5, 0.6) is 0 Å². The smallest absolute Gasteiger partial charge is 0.171 e. The summed E-state index contributed by atoms with van der Waals surface area (Å²) in [4.78, 5) is 0. The van der Waals surface area contributed by atoms with Crippen LogP contribution in [0.25, 0.3) is 17.1 Å². The van der Waals surface area contributed by atoms with Crippen molar-refractivity contribution in [2.45, 2.75) is 0 Å². The van der Waals surface area contributed by atoms with E-state index in [2.05, 4.69) is 15.3 Å². The van der Waals surface area contributed by atoms with Crippen LogP contribution in [0, 0.1) is 0 Å². The van der Waals surface area contributed by atoms with E-state index in [1.165, 1.54) is 0 Å². The summed E-state index contributed by atoms with van der Waals surface area (Å²) >= 11 is 0. The molecule has 0 aliphatic carbocycles. The SMILES string of the molecule is Cn1cc(-c2nncn2-c2ccccc2)cn1. The van der Waals surface area contributed by atoms with Gasteiger partial charge in [0.15, 0.2) is 5.82 Å². The lowest BCUT2D eigenvalue weighted by atomic mass is 10.3. The van der Waals surface area contributed by atoms with Crippen molar-refractivity contribution in [1.29, 1.82) is 0 Å². The Balaban J connectivity index is 2.12. The number of rotatable bonds is 2. The first-order chi connectivity index (χ1) is 8.34. The second-order valence-electron chi connectivity index (χ2n) is 3.76. The quantitative estimate of drug-likeness (QED) is 0.666. The number of aryl methyl sites for hydroxylation is 1. The zero-order valence-electron chi connectivity index (χ0n) is 9.35. The fourth-order valence-electron chi connectivity index (χ4n) is 1.75. The molecule has 17 heavy (non-hydrogen) atoms. The zero-order valence-corrected chi connectivity index (χ0v) is 9.35. The van der Waals surface area contributed by atoms with Gasteiger partial charge in [-0.05, 0) is 12.1 Å². The van der Waals surface area contributed by atoms with E-state index < -0.39 is 0 Å². The van der Waals surface area contributed by atoms with Crippen LogP contribution >= 0.6 is 0 Å². The van der Waals surface area contributed by atoms with E-state index in [1.807, 2.05) is 48.1 Å². The molecule has 2 aromatic heterocycles. The van der Waals surface area contributed by atoms with Gasteiger partial charge in [0.25, 0.3) is 0 Å². The van der Waals surface area contributed by atoms with E-state index in [4.69, 9.17) is 0 Å². The molecule has 0 aliphatic heterocycles. The Hall–Kier alpha value is -2.43. The average Bonchev–Trinajstić information content (AvgIpc) is 2.98. The van der Waals surface area contributed by atoms with E-state index in [-0.39, 0.29) is 0 Å². The number of hydrogen-bond acceptors (Lipinski definition) is 3. The fraction of sp³-hybridized carbons (Fsp3) is 0.0833. The Labute approximate surface area is 98.3 Å². The van der Waals surface area contributed by atoms with Crippen LogP contribution in [0.4, 0.5) is 0 Å². The van der Waals surface area contributed by atoms with Crippen molar-refractivity contribution in [3.05, 3.63) is 49.1 Å². The van der Waals surface area contributed by atoms with Crippen molar-refractivity contribution >= 4 is 0 Å². The lowest BCUT2D eigenvalue weighted by Crippen LogP contribution is -1.95. The number of aromatic nitrogens is 5. The Morgan fingerprint density at radius 3 is 2.65 bits per heavy atom. The van der Waals surface area contributed by atoms with Crippen molar-refractivity contribution in [2.24, 2.45) is 7.05 Å². The number of hydrogen-bond donors (Lipinski definition) is 0. The Morgan fingerprint density at radius 2 is 1.94 bits per heavy atom. The van der Waals surface area contributed by atoms with Crippen LogP contribution in [-0.2, 0) is 7.05 Å². The minimum absolute atomic E-state index is 0.796. The van der Waals surface area contributed by atoms with Gasteiger partial charge < -0.3 is 0 Å². The highest BCUT2D eigenvalue weighted by Gasteiger charge is 2.09. The summed E-state index contributed by atoms with van der Waals surface area (Å²) in [6.45, 7) is 0. The highest BCUT2D eigenvalue weighted by molar-refractivity contribution is 5.55. The predicted molar refractivity (Wildman–Crippen MR) is 63.6 cm³/mol. The predicted octanol–water partition coefficient (Wildman–Crippen LogP) is 1.67. The van der Waals surface area contributed by atoms with Crippen molar-refractivity contribution < 1.29 is 0 Å². The van der Waals surface area contributed by atoms with Gasteiger partial charge in [0.05, 0.1) is 11.8 Å². The third-order valence-electron chi connectivity index (χ3n) is 2.55. The van der Waals surface area contributed by atoms with Gasteiger partial charge in [0.2, 0.25) is 0 Å². The van der Waals surface area contributed by atoms with Crippen molar-refractivity contribution in [3.8, 4) is 17.1 Å². The van der Waals surface area contributed by atoms with E-state index in [0.29, 0.717) is 0 Å². The number of para-hydroxylation sites is 1. The van der Waals surface area contributed by atoms with Crippen LogP contribution in [0.2, 0.25) is 0 Å². The third-order valence-corrected chi connectivity index (χ3v) is 2.55. The minimum Gasteiger partial charge on any atom is -0.282 e. The summed E-state index contributed by atoms with van der Waals surface area (Å²) in [6, 6.07) is 9.99. The Kier molecular flexibility index (Phi) is 2.22. The monoisotopic (exact) mass is 225 g/mol. The molecule has 0 saturated carbocycles. The second kappa shape index (κ2) is 3.86. The molecule has 1 aromatic carbocycles. The molecule has 5 nitrogen and oxygen atoms in total. The largest absolute Gasteiger partial charge is 0.282 e. The Morgan fingerprint density at radius 1 is 1.12 bits per heavy atom. The summed E-state index contributed by atoms with van der Waals surface area (Å²) in [7, 11) is 1.88. The summed E-state index contributed by atoms with van der Waals surface area (Å²) in [5, 5.41) is 12.2. The topological polar surface area (TPSA) is 48.5 Å². The van der Waals surface area contributed by atoms with E-state index in [1.54, 1.807) is 17.2 Å². The molecule has 0 aliphatic rings. The van der Waals surface area contributed by atoms with Gasteiger partial charge >= 0.3 is 0 Å². The maximum atomic E-state index is 4.14. The van der Waals surface area contributed by atoms with Crippen LogP contribution in [0.15, 0.2) is 49.1 Å². The van der Waals surface area contributed by atoms with E-state index in [0.717, 1.165) is 17.1 Å². The van der Waals surface area contributed by atoms with Crippen LogP contribution < -0.4 is 0 Å². The van der Waals surface area contributed by atoms with E-state index in [9.17, 15) is 0 Å². The van der Waals surface area contributed by atoms with Gasteiger partial charge in [-0.25, -0.2) is 0 Å². The second-order valence-corrected chi connectivity index (χ2v) is 3.76. The molecule has 0 bridgehead atoms. The zero-order chi connectivity index (χ0) is 11.7. The lowest BCUT2D eigenvalue weighted by Gasteiger charge is -2.03. The average molecular weight is 225 g/mol. The van der Waals surface area contributed by atoms with Crippen LogP contribution in [-0.4, -0.2) is 24.5 Å². The normalized spacial score (nSPS) is 10.6. The van der Waals surface area contributed by atoms with Gasteiger partial charge in [-0.3, -0.25) is 9.25 Å². The van der Waals surface area contributed by atoms with Gasteiger partial charge in [-0.15, -0.1) is 10.2 Å². The standard InChI is InChI=1S/C12H11N5/c1-16-8-10(7-14-16)12-15-13-9-17(12)11-5-3-2-4-6-11/h2-9H,1H3. The lowest BCUT2D eigenvalue weighted by molar-refractivity contribution is 0.768. The van der Waals surface area contributed by atoms with Crippen molar-refractivity contribution in [1.82, 2.24) is 24.5 Å². The number of nitrogens with zero attached hydrogens (tertiary/aromatic N) is 5. The first-order valence-electron chi connectivity index (χ1n) is 5.29. The summed E-state index contributed by atoms with van der Waals surface area (Å²) in [5.41, 5.74) is 1.99. The third kappa shape index (κ3) is 1.71. The van der Waals surface area contributed by atoms with Gasteiger partial charge in [0, 0.05) is 18.9 Å². The molecule has 0 radical (unpaired) electrons. The maximum Gasteiger partial charge on any atom is 0.171 e. The molecule has 3 rings (SSSR count). The molecule has 0 saturated heterocycles. The molecule has 84 valence electrons. The van der Waals surface area contributed by atoms with Gasteiger partial charge in [0.1, 0.15) is 6.33 Å². The Bertz CT molecular complexity index is 623. The first kappa shape index (κ1) is 9.77. The minimum atomic E-state index is 0.796. The molecule has 5 heteroatoms. The molecule has 0 N–H and O–H groups in total. The first-order valence-corrected chi connectivity index (χ1v) is 5.29. The van der Waals surface area contributed by atoms with Crippen LogP contribution in [0.1, 0.15) is 0 Å². The van der Waals surface area contributed by atoms with Crippen LogP contribution in [0.3, 0.4) is 0 Å². The summed E-state index contributed by atoms with van der Waals surface area (Å²) in [5.74, 6) is 0.796. The van der Waals surface area contributed by atoms with Gasteiger partial charge in [-0.2, -0.15) is 5.10 Å². The summed E-state index contributed by atoms with van der Waals surface area (Å²) in [6.07, 6.45) is 5.41. The molecular weight excluding hydrogens is 214 g/mol. The molecule has 0 amide bonds. The molecule has 3 aromatic rings. The molecular formula is C12H11N5. The fourth-order valence-corrected chi connectivity index (χ4v) is 1.75. The van der Waals surface area contributed by atoms with Crippen molar-refractivity contribution in [3.63, 3.8) is 0 Å². The van der Waals surface area contributed by atoms with Gasteiger partial charge in [-0.1, -0.05) is 18.2 Å². The highest BCUT2D eigenvalue weighted by Crippen LogP contribution is 2.19. The highest BCUT2D eigenvalue weighted by atomic mass is 15.3. The van der Waals surface area contributed by atoms with E-state index >= 15 is 0 Å².